The molecule has 1 unspecified atom stereocenters. The minimum atomic E-state index is 0.0738. The Morgan fingerprint density at radius 2 is 2.46 bits per heavy atom. The van der Waals surface area contributed by atoms with Crippen LogP contribution in [-0.4, -0.2) is 31.2 Å². The molecule has 5 nitrogen and oxygen atoms in total. The highest BCUT2D eigenvalue weighted by molar-refractivity contribution is 8.00. The summed E-state index contributed by atoms with van der Waals surface area (Å²) < 4.78 is 1.59. The lowest BCUT2D eigenvalue weighted by Gasteiger charge is -2.04. The molecule has 0 amide bonds. The molecule has 1 atom stereocenters. The summed E-state index contributed by atoms with van der Waals surface area (Å²) >= 11 is 1.47. The smallest absolute Gasteiger partial charge is 0.209 e. The zero-order chi connectivity index (χ0) is 9.26. The number of carbonyl (C=O) groups is 1. The standard InChI is InChI=1S/C7H10N4OS/c1-11-7(8-9-10-11)13-6-4-2-3-5(6)12/h6H,2-4H2,1H3. The third-order valence-electron chi connectivity index (χ3n) is 2.08. The van der Waals surface area contributed by atoms with Gasteiger partial charge in [-0.1, -0.05) is 11.8 Å². The van der Waals surface area contributed by atoms with Crippen LogP contribution in [0.2, 0.25) is 0 Å². The molecule has 0 aromatic carbocycles. The summed E-state index contributed by atoms with van der Waals surface area (Å²) in [5.41, 5.74) is 0. The average molecular weight is 198 g/mol. The van der Waals surface area contributed by atoms with Crippen LogP contribution in [0.4, 0.5) is 0 Å². The van der Waals surface area contributed by atoms with E-state index < -0.39 is 0 Å². The molecule has 1 heterocycles. The molecular formula is C7H10N4OS. The predicted octanol–water partition coefficient (Wildman–Crippen LogP) is 0.424. The van der Waals surface area contributed by atoms with Crippen LogP contribution in [-0.2, 0) is 11.8 Å². The normalized spacial score (nSPS) is 22.5. The first-order valence-electron chi connectivity index (χ1n) is 4.19. The van der Waals surface area contributed by atoms with Gasteiger partial charge in [-0.15, -0.1) is 5.10 Å². The Morgan fingerprint density at radius 3 is 3.00 bits per heavy atom. The molecule has 70 valence electrons. The third kappa shape index (κ3) is 1.72. The topological polar surface area (TPSA) is 60.7 Å². The fraction of sp³-hybridized carbons (Fsp3) is 0.714. The summed E-state index contributed by atoms with van der Waals surface area (Å²) in [7, 11) is 1.78. The molecule has 0 spiro atoms. The maximum absolute atomic E-state index is 11.3. The molecule has 6 heteroatoms. The van der Waals surface area contributed by atoms with Crippen molar-refractivity contribution in [1.29, 1.82) is 0 Å². The van der Waals surface area contributed by atoms with Gasteiger partial charge in [-0.3, -0.25) is 4.79 Å². The van der Waals surface area contributed by atoms with Crippen LogP contribution < -0.4 is 0 Å². The van der Waals surface area contributed by atoms with Gasteiger partial charge >= 0.3 is 0 Å². The minimum absolute atomic E-state index is 0.0738. The number of tetrazole rings is 1. The summed E-state index contributed by atoms with van der Waals surface area (Å²) in [6.45, 7) is 0. The first-order chi connectivity index (χ1) is 6.27. The van der Waals surface area contributed by atoms with E-state index in [4.69, 9.17) is 0 Å². The summed E-state index contributed by atoms with van der Waals surface area (Å²) in [4.78, 5) is 11.3. The van der Waals surface area contributed by atoms with Crippen LogP contribution in [0.25, 0.3) is 0 Å². The number of nitrogens with zero attached hydrogens (tertiary/aromatic N) is 4. The fourth-order valence-electron chi connectivity index (χ4n) is 1.36. The lowest BCUT2D eigenvalue weighted by Crippen LogP contribution is -2.09. The van der Waals surface area contributed by atoms with Crippen LogP contribution in [0.15, 0.2) is 5.16 Å². The van der Waals surface area contributed by atoms with Crippen molar-refractivity contribution in [3.8, 4) is 0 Å². The van der Waals surface area contributed by atoms with E-state index in [-0.39, 0.29) is 5.25 Å². The molecule has 1 fully saturated rings. The van der Waals surface area contributed by atoms with Crippen molar-refractivity contribution in [3.05, 3.63) is 0 Å². The first kappa shape index (κ1) is 8.68. The molecule has 13 heavy (non-hydrogen) atoms. The first-order valence-corrected chi connectivity index (χ1v) is 5.07. The minimum Gasteiger partial charge on any atom is -0.298 e. The van der Waals surface area contributed by atoms with Crippen molar-refractivity contribution in [2.75, 3.05) is 0 Å². The summed E-state index contributed by atoms with van der Waals surface area (Å²) in [6.07, 6.45) is 2.67. The number of aromatic nitrogens is 4. The molecule has 0 saturated heterocycles. The highest BCUT2D eigenvalue weighted by atomic mass is 32.2. The van der Waals surface area contributed by atoms with Gasteiger partial charge in [0.2, 0.25) is 5.16 Å². The Kier molecular flexibility index (Phi) is 2.30. The number of rotatable bonds is 2. The van der Waals surface area contributed by atoms with Crippen molar-refractivity contribution in [3.63, 3.8) is 0 Å². The molecule has 1 aromatic heterocycles. The molecular weight excluding hydrogens is 188 g/mol. The van der Waals surface area contributed by atoms with Gasteiger partial charge in [0.15, 0.2) is 0 Å². The summed E-state index contributed by atoms with van der Waals surface area (Å²) in [6, 6.07) is 0. The highest BCUT2D eigenvalue weighted by Crippen LogP contribution is 2.30. The number of hydrogen-bond donors (Lipinski definition) is 0. The van der Waals surface area contributed by atoms with E-state index in [1.165, 1.54) is 11.8 Å². The Balaban J connectivity index is 2.06. The van der Waals surface area contributed by atoms with Crippen LogP contribution in [0, 0.1) is 0 Å². The van der Waals surface area contributed by atoms with Crippen LogP contribution in [0.5, 0.6) is 0 Å². The van der Waals surface area contributed by atoms with E-state index in [1.54, 1.807) is 11.7 Å². The number of hydrogen-bond acceptors (Lipinski definition) is 5. The number of carbonyl (C=O) groups excluding carboxylic acids is 1. The second-order valence-electron chi connectivity index (χ2n) is 3.05. The summed E-state index contributed by atoms with van der Waals surface area (Å²) in [5, 5.41) is 11.8. The molecule has 1 aliphatic rings. The van der Waals surface area contributed by atoms with Crippen LogP contribution in [0.3, 0.4) is 0 Å². The van der Waals surface area contributed by atoms with E-state index in [2.05, 4.69) is 15.5 Å². The Labute approximate surface area is 79.9 Å². The summed E-state index contributed by atoms with van der Waals surface area (Å²) in [5.74, 6) is 0.327. The number of thioether (sulfide) groups is 1. The zero-order valence-electron chi connectivity index (χ0n) is 7.30. The Bertz CT molecular complexity index is 324. The van der Waals surface area contributed by atoms with Gasteiger partial charge in [-0.2, -0.15) is 0 Å². The fourth-order valence-corrected chi connectivity index (χ4v) is 2.42. The monoisotopic (exact) mass is 198 g/mol. The van der Waals surface area contributed by atoms with E-state index in [0.29, 0.717) is 12.2 Å². The molecule has 1 aliphatic carbocycles. The number of ketones is 1. The van der Waals surface area contributed by atoms with Gasteiger partial charge in [-0.05, 0) is 23.3 Å². The van der Waals surface area contributed by atoms with Crippen molar-refractivity contribution in [2.24, 2.45) is 7.05 Å². The molecule has 0 N–H and O–H groups in total. The highest BCUT2D eigenvalue weighted by Gasteiger charge is 2.26. The van der Waals surface area contributed by atoms with Gasteiger partial charge < -0.3 is 0 Å². The lowest BCUT2D eigenvalue weighted by molar-refractivity contribution is -0.116. The molecule has 1 saturated carbocycles. The molecule has 2 rings (SSSR count). The SMILES string of the molecule is Cn1nnnc1SC1CCCC1=O. The molecule has 1 aromatic rings. The van der Waals surface area contributed by atoms with Crippen molar-refractivity contribution in [1.82, 2.24) is 20.2 Å². The van der Waals surface area contributed by atoms with Crippen molar-refractivity contribution >= 4 is 17.5 Å². The third-order valence-corrected chi connectivity index (χ3v) is 3.42. The average Bonchev–Trinajstić information content (AvgIpc) is 2.65. The van der Waals surface area contributed by atoms with E-state index in [0.717, 1.165) is 18.0 Å². The van der Waals surface area contributed by atoms with Gasteiger partial charge in [-0.25, -0.2) is 4.68 Å². The quantitative estimate of drug-likeness (QED) is 0.689. The van der Waals surface area contributed by atoms with Gasteiger partial charge in [0.1, 0.15) is 5.78 Å². The number of Topliss-reactive ketones (excluding diaryl/α,β-unsaturated/α-hetero) is 1. The molecule has 0 radical (unpaired) electrons. The Hall–Kier alpha value is -0.910. The van der Waals surface area contributed by atoms with E-state index in [9.17, 15) is 4.79 Å². The lowest BCUT2D eigenvalue weighted by atomic mass is 10.3. The molecule has 0 aliphatic heterocycles. The Morgan fingerprint density at radius 1 is 1.62 bits per heavy atom. The van der Waals surface area contributed by atoms with E-state index in [1.807, 2.05) is 0 Å². The maximum Gasteiger partial charge on any atom is 0.209 e. The van der Waals surface area contributed by atoms with Gasteiger partial charge in [0.25, 0.3) is 0 Å². The van der Waals surface area contributed by atoms with Gasteiger partial charge in [0.05, 0.1) is 5.25 Å². The van der Waals surface area contributed by atoms with E-state index >= 15 is 0 Å². The second kappa shape index (κ2) is 3.45. The largest absolute Gasteiger partial charge is 0.298 e. The molecule has 0 bridgehead atoms. The zero-order valence-corrected chi connectivity index (χ0v) is 8.12. The van der Waals surface area contributed by atoms with Crippen LogP contribution in [0.1, 0.15) is 19.3 Å². The predicted molar refractivity (Wildman–Crippen MR) is 47.3 cm³/mol. The van der Waals surface area contributed by atoms with Crippen LogP contribution >= 0.6 is 11.8 Å². The van der Waals surface area contributed by atoms with Crippen molar-refractivity contribution < 1.29 is 4.79 Å². The maximum atomic E-state index is 11.3. The van der Waals surface area contributed by atoms with Crippen molar-refractivity contribution in [2.45, 2.75) is 29.7 Å². The second-order valence-corrected chi connectivity index (χ2v) is 4.22. The number of aryl methyl sites for hydroxylation is 1. The van der Waals surface area contributed by atoms with Gasteiger partial charge in [0, 0.05) is 13.5 Å².